The van der Waals surface area contributed by atoms with Gasteiger partial charge in [-0.3, -0.25) is 0 Å². The number of aryl methyl sites for hydroxylation is 1. The lowest BCUT2D eigenvalue weighted by molar-refractivity contribution is 0.296. The standard InChI is InChI=1S/C28H28N4O/c1-2-20-3-5-22(6-4-20)19-33-28-25(24-9-7-21(16-29)8-10-24)15-27-26(31-28)12-14-32(27)18-23-11-13-30-17-23/h3-10,12,14-15,23,30H,2,11,13,17-19H2,1H3. The van der Waals surface area contributed by atoms with Crippen LogP contribution in [-0.2, 0) is 19.6 Å². The second-order valence-corrected chi connectivity index (χ2v) is 8.72. The van der Waals surface area contributed by atoms with Gasteiger partial charge in [0.1, 0.15) is 6.61 Å². The van der Waals surface area contributed by atoms with E-state index in [9.17, 15) is 5.26 Å². The average Bonchev–Trinajstić information content (AvgIpc) is 3.53. The molecule has 3 heterocycles. The molecule has 1 unspecified atom stereocenters. The smallest absolute Gasteiger partial charge is 0.222 e. The van der Waals surface area contributed by atoms with Crippen molar-refractivity contribution in [1.82, 2.24) is 14.9 Å². The van der Waals surface area contributed by atoms with Crippen molar-refractivity contribution in [2.24, 2.45) is 5.92 Å². The fourth-order valence-corrected chi connectivity index (χ4v) is 4.46. The number of nitriles is 1. The summed E-state index contributed by atoms with van der Waals surface area (Å²) in [4.78, 5) is 4.91. The lowest BCUT2D eigenvalue weighted by Crippen LogP contribution is -2.14. The molecule has 0 saturated carbocycles. The topological polar surface area (TPSA) is 62.9 Å². The van der Waals surface area contributed by atoms with Crippen molar-refractivity contribution in [2.45, 2.75) is 32.9 Å². The van der Waals surface area contributed by atoms with Crippen LogP contribution in [-0.4, -0.2) is 22.6 Å². The van der Waals surface area contributed by atoms with E-state index in [1.165, 1.54) is 12.0 Å². The summed E-state index contributed by atoms with van der Waals surface area (Å²) in [6.07, 6.45) is 4.36. The SMILES string of the molecule is CCc1ccc(COc2nc3ccn(CC4CCNC4)c3cc2-c2ccc(C#N)cc2)cc1. The third-order valence-electron chi connectivity index (χ3n) is 6.47. The predicted molar refractivity (Wildman–Crippen MR) is 131 cm³/mol. The molecule has 2 aromatic heterocycles. The molecule has 33 heavy (non-hydrogen) atoms. The van der Waals surface area contributed by atoms with Crippen LogP contribution >= 0.6 is 0 Å². The number of nitrogens with zero attached hydrogens (tertiary/aromatic N) is 3. The van der Waals surface area contributed by atoms with E-state index in [2.05, 4.69) is 65.5 Å². The molecule has 5 rings (SSSR count). The van der Waals surface area contributed by atoms with Gasteiger partial charge in [0.25, 0.3) is 0 Å². The number of pyridine rings is 1. The second kappa shape index (κ2) is 9.48. The van der Waals surface area contributed by atoms with Crippen LogP contribution in [0.3, 0.4) is 0 Å². The Hall–Kier alpha value is -3.62. The van der Waals surface area contributed by atoms with Gasteiger partial charge in [0, 0.05) is 18.3 Å². The Morgan fingerprint density at radius 2 is 1.88 bits per heavy atom. The van der Waals surface area contributed by atoms with E-state index >= 15 is 0 Å². The van der Waals surface area contributed by atoms with Crippen LogP contribution in [0.5, 0.6) is 5.88 Å². The van der Waals surface area contributed by atoms with Gasteiger partial charge in [-0.1, -0.05) is 43.3 Å². The number of aromatic nitrogens is 2. The number of rotatable bonds is 7. The predicted octanol–water partition coefficient (Wildman–Crippen LogP) is 5.33. The molecule has 4 aromatic rings. The molecule has 5 heteroatoms. The van der Waals surface area contributed by atoms with Crippen molar-refractivity contribution in [2.75, 3.05) is 13.1 Å². The summed E-state index contributed by atoms with van der Waals surface area (Å²) in [5, 5.41) is 12.6. The van der Waals surface area contributed by atoms with Gasteiger partial charge in [0.15, 0.2) is 0 Å². The molecule has 0 amide bonds. The van der Waals surface area contributed by atoms with Crippen molar-refractivity contribution < 1.29 is 4.74 Å². The van der Waals surface area contributed by atoms with E-state index in [1.807, 2.05) is 24.3 Å². The van der Waals surface area contributed by atoms with Gasteiger partial charge >= 0.3 is 0 Å². The van der Waals surface area contributed by atoms with E-state index in [0.29, 0.717) is 24.0 Å². The summed E-state index contributed by atoms with van der Waals surface area (Å²) in [5.74, 6) is 1.26. The zero-order valence-corrected chi connectivity index (χ0v) is 18.9. The zero-order chi connectivity index (χ0) is 22.6. The van der Waals surface area contributed by atoms with Crippen LogP contribution in [0.4, 0.5) is 0 Å². The second-order valence-electron chi connectivity index (χ2n) is 8.72. The summed E-state index contributed by atoms with van der Waals surface area (Å²) in [6.45, 7) is 5.75. The largest absolute Gasteiger partial charge is 0.472 e. The van der Waals surface area contributed by atoms with Gasteiger partial charge in [0.2, 0.25) is 5.88 Å². The number of fused-ring (bicyclic) bond motifs is 1. The van der Waals surface area contributed by atoms with Crippen LogP contribution in [0.2, 0.25) is 0 Å². The minimum atomic E-state index is 0.459. The lowest BCUT2D eigenvalue weighted by atomic mass is 10.0. The Balaban J connectivity index is 1.50. The first-order valence-electron chi connectivity index (χ1n) is 11.6. The fraction of sp³-hybridized carbons (Fsp3) is 0.286. The highest BCUT2D eigenvalue weighted by atomic mass is 16.5. The molecule has 1 aliphatic rings. The molecule has 5 nitrogen and oxygen atoms in total. The van der Waals surface area contributed by atoms with Crippen LogP contribution in [0, 0.1) is 17.2 Å². The van der Waals surface area contributed by atoms with Crippen molar-refractivity contribution >= 4 is 11.0 Å². The van der Waals surface area contributed by atoms with Crippen LogP contribution in [0.1, 0.15) is 30.0 Å². The van der Waals surface area contributed by atoms with Gasteiger partial charge in [-0.05, 0) is 72.8 Å². The lowest BCUT2D eigenvalue weighted by Gasteiger charge is -2.14. The highest BCUT2D eigenvalue weighted by Crippen LogP contribution is 2.33. The maximum atomic E-state index is 9.19. The van der Waals surface area contributed by atoms with E-state index in [0.717, 1.165) is 53.8 Å². The molecular formula is C28H28N4O. The van der Waals surface area contributed by atoms with Gasteiger partial charge in [0.05, 0.1) is 22.7 Å². The molecule has 0 aliphatic carbocycles. The number of hydrogen-bond acceptors (Lipinski definition) is 4. The molecule has 2 aromatic carbocycles. The molecule has 1 N–H and O–H groups in total. The van der Waals surface area contributed by atoms with E-state index in [4.69, 9.17) is 9.72 Å². The summed E-state index contributed by atoms with van der Waals surface area (Å²) < 4.78 is 8.57. The quantitative estimate of drug-likeness (QED) is 0.426. The Morgan fingerprint density at radius 1 is 1.09 bits per heavy atom. The summed E-state index contributed by atoms with van der Waals surface area (Å²) in [5.41, 5.74) is 7.07. The number of hydrogen-bond donors (Lipinski definition) is 1. The minimum Gasteiger partial charge on any atom is -0.472 e. The van der Waals surface area contributed by atoms with Gasteiger partial charge in [-0.15, -0.1) is 0 Å². The average molecular weight is 437 g/mol. The molecule has 0 bridgehead atoms. The van der Waals surface area contributed by atoms with Gasteiger partial charge < -0.3 is 14.6 Å². The molecule has 1 fully saturated rings. The maximum Gasteiger partial charge on any atom is 0.222 e. The first kappa shape index (κ1) is 21.2. The first-order chi connectivity index (χ1) is 16.2. The molecule has 0 spiro atoms. The Labute approximate surface area is 194 Å². The highest BCUT2D eigenvalue weighted by Gasteiger charge is 2.18. The maximum absolute atomic E-state index is 9.19. The third kappa shape index (κ3) is 4.62. The van der Waals surface area contributed by atoms with Gasteiger partial charge in [-0.2, -0.15) is 5.26 Å². The summed E-state index contributed by atoms with van der Waals surface area (Å²) in [6, 6.07) is 22.6. The van der Waals surface area contributed by atoms with E-state index in [-0.39, 0.29) is 0 Å². The van der Waals surface area contributed by atoms with Gasteiger partial charge in [-0.25, -0.2) is 4.98 Å². The van der Waals surface area contributed by atoms with E-state index < -0.39 is 0 Å². The Kier molecular flexibility index (Phi) is 6.10. The number of nitrogens with one attached hydrogen (secondary N) is 1. The van der Waals surface area contributed by atoms with Crippen LogP contribution in [0.25, 0.3) is 22.2 Å². The monoisotopic (exact) mass is 436 g/mol. The van der Waals surface area contributed by atoms with Crippen molar-refractivity contribution in [1.29, 1.82) is 5.26 Å². The van der Waals surface area contributed by atoms with Crippen LogP contribution in [0.15, 0.2) is 66.9 Å². The Morgan fingerprint density at radius 3 is 2.58 bits per heavy atom. The van der Waals surface area contributed by atoms with Crippen molar-refractivity contribution in [3.63, 3.8) is 0 Å². The third-order valence-corrected chi connectivity index (χ3v) is 6.47. The van der Waals surface area contributed by atoms with E-state index in [1.54, 1.807) is 0 Å². The molecule has 1 saturated heterocycles. The normalized spacial score (nSPS) is 15.6. The fourth-order valence-electron chi connectivity index (χ4n) is 4.46. The Bertz CT molecular complexity index is 1280. The summed E-state index contributed by atoms with van der Waals surface area (Å²) in [7, 11) is 0. The summed E-state index contributed by atoms with van der Waals surface area (Å²) >= 11 is 0. The number of benzene rings is 2. The van der Waals surface area contributed by atoms with Crippen molar-refractivity contribution in [3.8, 4) is 23.1 Å². The molecule has 0 radical (unpaired) electrons. The van der Waals surface area contributed by atoms with Crippen LogP contribution < -0.4 is 10.1 Å². The first-order valence-corrected chi connectivity index (χ1v) is 11.6. The molecule has 1 aliphatic heterocycles. The zero-order valence-electron chi connectivity index (χ0n) is 18.9. The molecule has 166 valence electrons. The number of ether oxygens (including phenoxy) is 1. The highest BCUT2D eigenvalue weighted by molar-refractivity contribution is 5.84. The van der Waals surface area contributed by atoms with Crippen molar-refractivity contribution in [3.05, 3.63) is 83.6 Å². The molecular weight excluding hydrogens is 408 g/mol. The minimum absolute atomic E-state index is 0.459. The molecule has 1 atom stereocenters.